The van der Waals surface area contributed by atoms with E-state index in [0.717, 1.165) is 0 Å². The number of carbonyl (C=O) groups excluding carboxylic acids is 1. The van der Waals surface area contributed by atoms with Crippen molar-refractivity contribution in [3.8, 4) is 5.75 Å². The summed E-state index contributed by atoms with van der Waals surface area (Å²) in [6.45, 7) is -0.0879. The maximum absolute atomic E-state index is 12.3. The summed E-state index contributed by atoms with van der Waals surface area (Å²) in [7, 11) is 1.45. The standard InChI is InChI=1S/C12H18N2O4/c1-18-10-4-2-3-9(13)11(10)12(17)14(5-7-15)6-8-16/h2-4,15-16H,5-8,13H2,1H3. The highest BCUT2D eigenvalue weighted by molar-refractivity contribution is 6.01. The van der Waals surface area contributed by atoms with Gasteiger partial charge in [-0.3, -0.25) is 4.79 Å². The molecular weight excluding hydrogens is 236 g/mol. The van der Waals surface area contributed by atoms with Gasteiger partial charge in [0, 0.05) is 18.8 Å². The maximum atomic E-state index is 12.3. The molecule has 6 nitrogen and oxygen atoms in total. The van der Waals surface area contributed by atoms with Gasteiger partial charge < -0.3 is 25.6 Å². The number of benzene rings is 1. The zero-order valence-electron chi connectivity index (χ0n) is 10.3. The summed E-state index contributed by atoms with van der Waals surface area (Å²) in [6.07, 6.45) is 0. The number of amides is 1. The van der Waals surface area contributed by atoms with E-state index in [1.807, 2.05) is 0 Å². The van der Waals surface area contributed by atoms with Crippen LogP contribution in [0.2, 0.25) is 0 Å². The Morgan fingerprint density at radius 2 is 1.94 bits per heavy atom. The molecule has 1 amide bonds. The van der Waals surface area contributed by atoms with Crippen LogP contribution in [0.5, 0.6) is 5.75 Å². The van der Waals surface area contributed by atoms with Crippen LogP contribution in [0.4, 0.5) is 5.69 Å². The molecule has 0 saturated carbocycles. The average Bonchev–Trinajstić information content (AvgIpc) is 2.37. The Hall–Kier alpha value is -1.79. The predicted octanol–water partition coefficient (Wildman–Crippen LogP) is -0.296. The first-order chi connectivity index (χ1) is 8.65. The number of rotatable bonds is 6. The van der Waals surface area contributed by atoms with Crippen molar-refractivity contribution < 1.29 is 19.7 Å². The number of nitrogens with two attached hydrogens (primary N) is 1. The van der Waals surface area contributed by atoms with Gasteiger partial charge in [0.05, 0.1) is 20.3 Å². The number of anilines is 1. The molecule has 0 spiro atoms. The first-order valence-electron chi connectivity index (χ1n) is 5.59. The van der Waals surface area contributed by atoms with Gasteiger partial charge in [-0.2, -0.15) is 0 Å². The van der Waals surface area contributed by atoms with Gasteiger partial charge in [-0.05, 0) is 12.1 Å². The van der Waals surface area contributed by atoms with Gasteiger partial charge in [0.25, 0.3) is 5.91 Å². The van der Waals surface area contributed by atoms with E-state index >= 15 is 0 Å². The van der Waals surface area contributed by atoms with E-state index in [-0.39, 0.29) is 37.8 Å². The molecule has 0 aliphatic carbocycles. The van der Waals surface area contributed by atoms with Gasteiger partial charge in [-0.1, -0.05) is 6.07 Å². The molecule has 4 N–H and O–H groups in total. The largest absolute Gasteiger partial charge is 0.496 e. The van der Waals surface area contributed by atoms with Crippen LogP contribution < -0.4 is 10.5 Å². The summed E-state index contributed by atoms with van der Waals surface area (Å²) in [5.41, 5.74) is 6.33. The first-order valence-corrected chi connectivity index (χ1v) is 5.59. The van der Waals surface area contributed by atoms with E-state index in [1.165, 1.54) is 12.0 Å². The molecule has 1 aromatic carbocycles. The molecule has 0 heterocycles. The Labute approximate surface area is 106 Å². The quantitative estimate of drug-likeness (QED) is 0.606. The van der Waals surface area contributed by atoms with Crippen LogP contribution in [0.3, 0.4) is 0 Å². The Bertz CT molecular complexity index is 403. The molecular formula is C12H18N2O4. The van der Waals surface area contributed by atoms with E-state index in [1.54, 1.807) is 18.2 Å². The summed E-state index contributed by atoms with van der Waals surface area (Å²) >= 11 is 0. The van der Waals surface area contributed by atoms with Crippen molar-refractivity contribution in [2.75, 3.05) is 39.1 Å². The van der Waals surface area contributed by atoms with Gasteiger partial charge in [-0.25, -0.2) is 0 Å². The Morgan fingerprint density at radius 3 is 2.44 bits per heavy atom. The first kappa shape index (κ1) is 14.3. The van der Waals surface area contributed by atoms with Gasteiger partial charge in [0.1, 0.15) is 11.3 Å². The Kier molecular flexibility index (Phi) is 5.41. The Morgan fingerprint density at radius 1 is 1.33 bits per heavy atom. The molecule has 0 aliphatic heterocycles. The molecule has 18 heavy (non-hydrogen) atoms. The van der Waals surface area contributed by atoms with Crippen molar-refractivity contribution in [2.45, 2.75) is 0 Å². The van der Waals surface area contributed by atoms with Crippen LogP contribution in [0.15, 0.2) is 18.2 Å². The van der Waals surface area contributed by atoms with Crippen molar-refractivity contribution in [2.24, 2.45) is 0 Å². The van der Waals surface area contributed by atoms with E-state index in [4.69, 9.17) is 20.7 Å². The third-order valence-corrected chi connectivity index (χ3v) is 2.52. The van der Waals surface area contributed by atoms with E-state index in [0.29, 0.717) is 11.4 Å². The van der Waals surface area contributed by atoms with Crippen molar-refractivity contribution >= 4 is 11.6 Å². The number of hydrogen-bond donors (Lipinski definition) is 3. The lowest BCUT2D eigenvalue weighted by molar-refractivity contribution is 0.0682. The molecule has 0 radical (unpaired) electrons. The minimum absolute atomic E-state index is 0.136. The SMILES string of the molecule is COc1cccc(N)c1C(=O)N(CCO)CCO. The summed E-state index contributed by atoms with van der Waals surface area (Å²) in [5.74, 6) is 0.00827. The summed E-state index contributed by atoms with van der Waals surface area (Å²) in [4.78, 5) is 13.6. The lowest BCUT2D eigenvalue weighted by atomic mass is 10.1. The van der Waals surface area contributed by atoms with Gasteiger partial charge in [0.2, 0.25) is 0 Å². The normalized spacial score (nSPS) is 10.2. The third kappa shape index (κ3) is 3.12. The molecule has 1 rings (SSSR count). The maximum Gasteiger partial charge on any atom is 0.259 e. The number of nitrogens with zero attached hydrogens (tertiary/aromatic N) is 1. The minimum Gasteiger partial charge on any atom is -0.496 e. The van der Waals surface area contributed by atoms with Gasteiger partial charge in [-0.15, -0.1) is 0 Å². The molecule has 0 aromatic heterocycles. The smallest absolute Gasteiger partial charge is 0.259 e. The molecule has 1 aromatic rings. The lowest BCUT2D eigenvalue weighted by Crippen LogP contribution is -2.36. The second kappa shape index (κ2) is 6.83. The minimum atomic E-state index is -0.368. The number of aliphatic hydroxyl groups is 2. The molecule has 0 unspecified atom stereocenters. The Balaban J connectivity index is 3.07. The van der Waals surface area contributed by atoms with Crippen LogP contribution in [-0.4, -0.2) is 54.4 Å². The van der Waals surface area contributed by atoms with Crippen LogP contribution in [0.1, 0.15) is 10.4 Å². The zero-order valence-corrected chi connectivity index (χ0v) is 10.3. The highest BCUT2D eigenvalue weighted by atomic mass is 16.5. The number of hydrogen-bond acceptors (Lipinski definition) is 5. The van der Waals surface area contributed by atoms with Crippen LogP contribution in [-0.2, 0) is 0 Å². The van der Waals surface area contributed by atoms with Crippen LogP contribution >= 0.6 is 0 Å². The second-order valence-electron chi connectivity index (χ2n) is 3.66. The van der Waals surface area contributed by atoms with E-state index in [9.17, 15) is 4.79 Å². The number of ether oxygens (including phenoxy) is 1. The summed E-state index contributed by atoms with van der Waals surface area (Å²) in [6, 6.07) is 4.93. The number of carbonyl (C=O) groups is 1. The fourth-order valence-electron chi connectivity index (χ4n) is 1.66. The van der Waals surface area contributed by atoms with E-state index < -0.39 is 0 Å². The van der Waals surface area contributed by atoms with Crippen molar-refractivity contribution in [1.82, 2.24) is 4.90 Å². The van der Waals surface area contributed by atoms with Crippen LogP contribution in [0.25, 0.3) is 0 Å². The number of aliphatic hydroxyl groups excluding tert-OH is 2. The van der Waals surface area contributed by atoms with E-state index in [2.05, 4.69) is 0 Å². The topological polar surface area (TPSA) is 96.0 Å². The molecule has 0 bridgehead atoms. The molecule has 6 heteroatoms. The number of methoxy groups -OCH3 is 1. The predicted molar refractivity (Wildman–Crippen MR) is 67.5 cm³/mol. The monoisotopic (exact) mass is 254 g/mol. The van der Waals surface area contributed by atoms with Crippen LogP contribution in [0, 0.1) is 0 Å². The average molecular weight is 254 g/mol. The number of nitrogen functional groups attached to an aromatic ring is 1. The van der Waals surface area contributed by atoms with Gasteiger partial charge in [0.15, 0.2) is 0 Å². The molecule has 0 aliphatic rings. The molecule has 0 atom stereocenters. The zero-order chi connectivity index (χ0) is 13.5. The summed E-state index contributed by atoms with van der Waals surface area (Å²) < 4.78 is 5.10. The fraction of sp³-hybridized carbons (Fsp3) is 0.417. The summed E-state index contributed by atoms with van der Waals surface area (Å²) in [5, 5.41) is 17.8. The van der Waals surface area contributed by atoms with Crippen molar-refractivity contribution in [3.63, 3.8) is 0 Å². The molecule has 0 saturated heterocycles. The highest BCUT2D eigenvalue weighted by Gasteiger charge is 2.21. The van der Waals surface area contributed by atoms with Crippen molar-refractivity contribution in [3.05, 3.63) is 23.8 Å². The third-order valence-electron chi connectivity index (χ3n) is 2.52. The molecule has 0 fully saturated rings. The highest BCUT2D eigenvalue weighted by Crippen LogP contribution is 2.25. The lowest BCUT2D eigenvalue weighted by Gasteiger charge is -2.22. The van der Waals surface area contributed by atoms with Gasteiger partial charge >= 0.3 is 0 Å². The molecule has 100 valence electrons. The second-order valence-corrected chi connectivity index (χ2v) is 3.66. The van der Waals surface area contributed by atoms with Crippen molar-refractivity contribution in [1.29, 1.82) is 0 Å². The fourth-order valence-corrected chi connectivity index (χ4v) is 1.66.